The Kier molecular flexibility index (Phi) is 11.1. The van der Waals surface area contributed by atoms with Crippen molar-refractivity contribution in [1.29, 1.82) is 0 Å². The highest BCUT2D eigenvalue weighted by Crippen LogP contribution is 2.13. The van der Waals surface area contributed by atoms with Crippen molar-refractivity contribution in [2.24, 2.45) is 4.99 Å². The summed E-state index contributed by atoms with van der Waals surface area (Å²) < 4.78 is 0. The molecule has 0 unspecified atom stereocenters. The number of nitrogens with one attached hydrogen (secondary N) is 1. The normalized spacial score (nSPS) is 14.2. The molecule has 1 fully saturated rings. The largest absolute Gasteiger partial charge is 0.357 e. The second-order valence-corrected chi connectivity index (χ2v) is 8.32. The number of rotatable bonds is 8. The number of nitrogens with zero attached hydrogens (tertiary/aromatic N) is 5. The minimum absolute atomic E-state index is 0. The number of hydrogen-bond donors (Lipinski definition) is 1. The van der Waals surface area contributed by atoms with Gasteiger partial charge in [0.25, 0.3) is 0 Å². The van der Waals surface area contributed by atoms with Gasteiger partial charge < -0.3 is 20.0 Å². The van der Waals surface area contributed by atoms with Gasteiger partial charge in [0, 0.05) is 63.8 Å². The van der Waals surface area contributed by atoms with E-state index in [2.05, 4.69) is 49.5 Å². The van der Waals surface area contributed by atoms with E-state index in [0.717, 1.165) is 57.5 Å². The molecule has 1 N–H and O–H groups in total. The molecule has 31 heavy (non-hydrogen) atoms. The number of carbonyl (C=O) groups excluding carboxylic acids is 1. The van der Waals surface area contributed by atoms with E-state index in [0.29, 0.717) is 13.0 Å². The highest BCUT2D eigenvalue weighted by Gasteiger charge is 2.21. The number of aliphatic imine (C=N–C) groups is 1. The molecular weight excluding hydrogens is 523 g/mol. The molecule has 1 saturated heterocycles. The van der Waals surface area contributed by atoms with E-state index >= 15 is 0 Å². The highest BCUT2D eigenvalue weighted by molar-refractivity contribution is 14.0. The van der Waals surface area contributed by atoms with Gasteiger partial charge in [-0.05, 0) is 36.9 Å². The molecule has 170 valence electrons. The van der Waals surface area contributed by atoms with Crippen LogP contribution in [0.25, 0.3) is 0 Å². The predicted octanol–water partition coefficient (Wildman–Crippen LogP) is 2.94. The fourth-order valence-corrected chi connectivity index (χ4v) is 4.15. The lowest BCUT2D eigenvalue weighted by atomic mass is 10.2. The number of amides is 1. The van der Waals surface area contributed by atoms with Crippen molar-refractivity contribution >= 4 is 53.0 Å². The molecule has 9 heteroatoms. The maximum atomic E-state index is 12.6. The first kappa shape index (κ1) is 25.4. The quantitative estimate of drug-likeness (QED) is 0.308. The molecule has 3 rings (SSSR count). The van der Waals surface area contributed by atoms with Gasteiger partial charge in [-0.15, -0.1) is 35.3 Å². The molecule has 3 heterocycles. The lowest BCUT2D eigenvalue weighted by Crippen LogP contribution is -2.49. The number of carbonyl (C=O) groups is 1. The van der Waals surface area contributed by atoms with E-state index in [1.54, 1.807) is 11.3 Å². The van der Waals surface area contributed by atoms with Gasteiger partial charge in [-0.1, -0.05) is 12.1 Å². The fourth-order valence-electron chi connectivity index (χ4n) is 3.45. The summed E-state index contributed by atoms with van der Waals surface area (Å²) in [5, 5.41) is 5.44. The third-order valence-electron chi connectivity index (χ3n) is 5.16. The Morgan fingerprint density at radius 3 is 2.68 bits per heavy atom. The summed E-state index contributed by atoms with van der Waals surface area (Å²) in [4.78, 5) is 29.4. The first-order chi connectivity index (χ1) is 14.7. The van der Waals surface area contributed by atoms with E-state index in [1.807, 2.05) is 36.3 Å². The second kappa shape index (κ2) is 13.5. The SMILES string of the molecule is CCNC(=NCCC(=O)N1CCN(c2ccccn2)CC1)N(C)CCc1cccs1.I. The van der Waals surface area contributed by atoms with Crippen LogP contribution >= 0.6 is 35.3 Å². The van der Waals surface area contributed by atoms with Gasteiger partial charge in [0.1, 0.15) is 5.82 Å². The van der Waals surface area contributed by atoms with Crippen LogP contribution < -0.4 is 10.2 Å². The number of piperazine rings is 1. The van der Waals surface area contributed by atoms with Crippen LogP contribution in [0, 0.1) is 0 Å². The van der Waals surface area contributed by atoms with Gasteiger partial charge in [-0.25, -0.2) is 4.98 Å². The monoisotopic (exact) mass is 556 g/mol. The van der Waals surface area contributed by atoms with Crippen molar-refractivity contribution in [2.75, 3.05) is 57.8 Å². The number of thiophene rings is 1. The Balaban J connectivity index is 0.00000341. The van der Waals surface area contributed by atoms with Crippen LogP contribution in [0.3, 0.4) is 0 Å². The summed E-state index contributed by atoms with van der Waals surface area (Å²) >= 11 is 1.78. The summed E-state index contributed by atoms with van der Waals surface area (Å²) in [5.74, 6) is 2.02. The number of pyridine rings is 1. The molecule has 2 aromatic heterocycles. The number of anilines is 1. The van der Waals surface area contributed by atoms with E-state index in [-0.39, 0.29) is 29.9 Å². The molecule has 0 spiro atoms. The third kappa shape index (κ3) is 7.95. The number of guanidine groups is 1. The number of aromatic nitrogens is 1. The van der Waals surface area contributed by atoms with E-state index in [1.165, 1.54) is 4.88 Å². The second-order valence-electron chi connectivity index (χ2n) is 7.29. The summed E-state index contributed by atoms with van der Waals surface area (Å²) in [7, 11) is 2.05. The molecule has 0 saturated carbocycles. The maximum Gasteiger partial charge on any atom is 0.224 e. The van der Waals surface area contributed by atoms with Gasteiger partial charge in [0.15, 0.2) is 5.96 Å². The Hall–Kier alpha value is -1.88. The first-order valence-corrected chi connectivity index (χ1v) is 11.5. The Labute approximate surface area is 206 Å². The number of hydrogen-bond acceptors (Lipinski definition) is 5. The van der Waals surface area contributed by atoms with Gasteiger partial charge in [-0.3, -0.25) is 9.79 Å². The molecule has 0 radical (unpaired) electrons. The van der Waals surface area contributed by atoms with Gasteiger partial charge >= 0.3 is 0 Å². The molecular formula is C22H33IN6OS. The summed E-state index contributed by atoms with van der Waals surface area (Å²) in [6, 6.07) is 10.2. The van der Waals surface area contributed by atoms with Crippen molar-refractivity contribution < 1.29 is 4.79 Å². The minimum atomic E-state index is 0. The number of likely N-dealkylation sites (N-methyl/N-ethyl adjacent to an activating group) is 1. The first-order valence-electron chi connectivity index (χ1n) is 10.6. The zero-order valence-electron chi connectivity index (χ0n) is 18.4. The average molecular weight is 557 g/mol. The van der Waals surface area contributed by atoms with Crippen molar-refractivity contribution in [2.45, 2.75) is 19.8 Å². The molecule has 1 amide bonds. The third-order valence-corrected chi connectivity index (χ3v) is 6.10. The van der Waals surface area contributed by atoms with Crippen molar-refractivity contribution in [1.82, 2.24) is 20.1 Å². The van der Waals surface area contributed by atoms with Crippen LogP contribution in [0.4, 0.5) is 5.82 Å². The van der Waals surface area contributed by atoms with Gasteiger partial charge in [0.2, 0.25) is 5.91 Å². The Morgan fingerprint density at radius 1 is 1.23 bits per heavy atom. The van der Waals surface area contributed by atoms with Gasteiger partial charge in [-0.2, -0.15) is 0 Å². The predicted molar refractivity (Wildman–Crippen MR) is 140 cm³/mol. The summed E-state index contributed by atoms with van der Waals surface area (Å²) in [5.41, 5.74) is 0. The topological polar surface area (TPSA) is 64.1 Å². The molecule has 0 bridgehead atoms. The smallest absolute Gasteiger partial charge is 0.224 e. The molecule has 0 atom stereocenters. The van der Waals surface area contributed by atoms with Crippen molar-refractivity contribution in [3.8, 4) is 0 Å². The zero-order valence-corrected chi connectivity index (χ0v) is 21.5. The molecule has 1 aliphatic heterocycles. The number of halogens is 1. The summed E-state index contributed by atoms with van der Waals surface area (Å²) in [6.45, 7) is 7.39. The van der Waals surface area contributed by atoms with Crippen LogP contribution in [0.5, 0.6) is 0 Å². The lowest BCUT2D eigenvalue weighted by molar-refractivity contribution is -0.131. The van der Waals surface area contributed by atoms with Gasteiger partial charge in [0.05, 0.1) is 6.54 Å². The molecule has 7 nitrogen and oxygen atoms in total. The minimum Gasteiger partial charge on any atom is -0.357 e. The van der Waals surface area contributed by atoms with Crippen LogP contribution in [0.15, 0.2) is 46.9 Å². The molecule has 1 aliphatic rings. The van der Waals surface area contributed by atoms with Crippen LogP contribution in [0.1, 0.15) is 18.2 Å². The van der Waals surface area contributed by atoms with E-state index in [4.69, 9.17) is 0 Å². The van der Waals surface area contributed by atoms with Crippen molar-refractivity contribution in [3.05, 3.63) is 46.8 Å². The Morgan fingerprint density at radius 2 is 2.03 bits per heavy atom. The molecule has 2 aromatic rings. The van der Waals surface area contributed by atoms with Crippen LogP contribution in [-0.2, 0) is 11.2 Å². The van der Waals surface area contributed by atoms with E-state index < -0.39 is 0 Å². The highest BCUT2D eigenvalue weighted by atomic mass is 127. The molecule has 0 aromatic carbocycles. The van der Waals surface area contributed by atoms with Crippen LogP contribution in [-0.4, -0.2) is 79.5 Å². The maximum absolute atomic E-state index is 12.6. The fraction of sp³-hybridized carbons (Fsp3) is 0.500. The lowest BCUT2D eigenvalue weighted by Gasteiger charge is -2.35. The Bertz CT molecular complexity index is 794. The average Bonchev–Trinajstić information content (AvgIpc) is 3.31. The summed E-state index contributed by atoms with van der Waals surface area (Å²) in [6.07, 6.45) is 3.25. The zero-order chi connectivity index (χ0) is 21.2. The standard InChI is InChI=1S/C22H32N6OS.HI/c1-3-23-22(26(2)13-10-19-7-6-18-30-19)25-12-9-21(29)28-16-14-27(15-17-28)20-8-4-5-11-24-20;/h4-8,11,18H,3,9-10,12-17H2,1-2H3,(H,23,25);1H. The van der Waals surface area contributed by atoms with E-state index in [9.17, 15) is 4.79 Å². The van der Waals surface area contributed by atoms with Crippen molar-refractivity contribution in [3.63, 3.8) is 0 Å². The molecule has 0 aliphatic carbocycles. The van der Waals surface area contributed by atoms with Crippen LogP contribution in [0.2, 0.25) is 0 Å².